The van der Waals surface area contributed by atoms with Crippen molar-refractivity contribution < 1.29 is 23.1 Å². The number of carbonyl (C=O) groups is 2. The summed E-state index contributed by atoms with van der Waals surface area (Å²) >= 11 is 3.80. The van der Waals surface area contributed by atoms with Crippen molar-refractivity contribution in [2.24, 2.45) is 0 Å². The van der Waals surface area contributed by atoms with E-state index in [1.165, 1.54) is 11.1 Å². The summed E-state index contributed by atoms with van der Waals surface area (Å²) in [6.07, 6.45) is 3.36. The molecule has 1 unspecified atom stereocenters. The van der Waals surface area contributed by atoms with Crippen LogP contribution in [0.25, 0.3) is 0 Å². The molecule has 0 N–H and O–H groups in total. The molecule has 2 aromatic rings. The summed E-state index contributed by atoms with van der Waals surface area (Å²) in [5.41, 5.74) is 0.750. The van der Waals surface area contributed by atoms with Crippen molar-refractivity contribution in [3.8, 4) is 0 Å². The number of halogens is 1. The van der Waals surface area contributed by atoms with Gasteiger partial charge in [-0.2, -0.15) is 0 Å². The lowest BCUT2D eigenvalue weighted by Gasteiger charge is -2.25. The Morgan fingerprint density at radius 3 is 2.50 bits per heavy atom. The molecule has 0 saturated heterocycles. The molecular formula is C23H32ClN4O5S-. The topological polar surface area (TPSA) is 108 Å². The molecule has 0 aliphatic rings. The molecule has 0 radical (unpaired) electrons. The predicted octanol–water partition coefficient (Wildman–Crippen LogP) is 4.69. The van der Waals surface area contributed by atoms with E-state index in [0.717, 1.165) is 22.7 Å². The van der Waals surface area contributed by atoms with Crippen molar-refractivity contribution in [2.45, 2.75) is 66.0 Å². The fraction of sp³-hybridized carbons (Fsp3) is 0.522. The molecule has 1 aromatic heterocycles. The van der Waals surface area contributed by atoms with Crippen molar-refractivity contribution >= 4 is 40.6 Å². The fourth-order valence-electron chi connectivity index (χ4n) is 3.14. The Bertz CT molecular complexity index is 1050. The summed E-state index contributed by atoms with van der Waals surface area (Å²) < 4.78 is 31.0. The highest BCUT2D eigenvalue weighted by Crippen LogP contribution is 2.26. The molecule has 2 amide bonds. The first-order valence-corrected chi connectivity index (χ1v) is 12.4. The lowest BCUT2D eigenvalue weighted by Crippen LogP contribution is -2.34. The molecule has 188 valence electrons. The molecule has 1 atom stereocenters. The predicted molar refractivity (Wildman–Crippen MR) is 132 cm³/mol. The average molecular weight is 512 g/mol. The number of nitrogens with zero attached hydrogens (tertiary/aromatic N) is 4. The van der Waals surface area contributed by atoms with Crippen molar-refractivity contribution in [3.63, 3.8) is 0 Å². The van der Waals surface area contributed by atoms with Crippen LogP contribution < -0.4 is 4.90 Å². The number of aromatic nitrogens is 2. The molecule has 0 fully saturated rings. The minimum absolute atomic E-state index is 0.0515. The number of unbranched alkanes of at least 4 members (excludes halogenated alkanes) is 2. The highest BCUT2D eigenvalue weighted by Gasteiger charge is 2.22. The van der Waals surface area contributed by atoms with Crippen LogP contribution in [-0.4, -0.2) is 53.8 Å². The zero-order chi connectivity index (χ0) is 25.6. The second-order valence-corrected chi connectivity index (χ2v) is 10.2. The lowest BCUT2D eigenvalue weighted by molar-refractivity contribution is 0.0589. The van der Waals surface area contributed by atoms with Gasteiger partial charge in [-0.25, -0.2) is 9.78 Å². The number of anilines is 1. The van der Waals surface area contributed by atoms with E-state index in [1.54, 1.807) is 57.5 Å². The third-order valence-electron chi connectivity index (χ3n) is 5.00. The van der Waals surface area contributed by atoms with Crippen LogP contribution >= 0.6 is 11.6 Å². The van der Waals surface area contributed by atoms with Gasteiger partial charge < -0.3 is 13.9 Å². The van der Waals surface area contributed by atoms with Gasteiger partial charge in [-0.15, -0.1) is 0 Å². The first kappa shape index (κ1) is 27.8. The van der Waals surface area contributed by atoms with Gasteiger partial charge in [0.25, 0.3) is 5.91 Å². The van der Waals surface area contributed by atoms with E-state index < -0.39 is 28.9 Å². The molecule has 0 bridgehead atoms. The van der Waals surface area contributed by atoms with Crippen molar-refractivity contribution in [1.82, 2.24) is 13.9 Å². The van der Waals surface area contributed by atoms with Gasteiger partial charge in [0.2, 0.25) is 0 Å². The van der Waals surface area contributed by atoms with Gasteiger partial charge in [0.1, 0.15) is 17.1 Å². The first-order chi connectivity index (χ1) is 15.8. The Hall–Kier alpha value is -2.43. The maximum atomic E-state index is 12.7. The van der Waals surface area contributed by atoms with Gasteiger partial charge in [-0.3, -0.25) is 18.2 Å². The van der Waals surface area contributed by atoms with E-state index in [0.29, 0.717) is 29.5 Å². The van der Waals surface area contributed by atoms with E-state index in [4.69, 9.17) is 16.3 Å². The number of hydrogen-bond acceptors (Lipinski definition) is 6. The summed E-state index contributed by atoms with van der Waals surface area (Å²) in [6, 6.07) is 5.19. The van der Waals surface area contributed by atoms with Crippen LogP contribution in [0.4, 0.5) is 10.5 Å². The van der Waals surface area contributed by atoms with Gasteiger partial charge >= 0.3 is 6.09 Å². The molecule has 0 spiro atoms. The molecule has 34 heavy (non-hydrogen) atoms. The average Bonchev–Trinajstić information content (AvgIpc) is 3.10. The fourth-order valence-corrected chi connectivity index (χ4v) is 3.88. The number of carbonyl (C=O) groups excluding carboxylic acids is 2. The summed E-state index contributed by atoms with van der Waals surface area (Å²) in [7, 11) is 1.60. The highest BCUT2D eigenvalue weighted by molar-refractivity contribution is 7.77. The van der Waals surface area contributed by atoms with E-state index in [-0.39, 0.29) is 12.2 Å². The minimum atomic E-state index is -2.67. The zero-order valence-corrected chi connectivity index (χ0v) is 22.0. The Balaban J connectivity index is 2.18. The number of amides is 2. The molecule has 0 aliphatic carbocycles. The van der Waals surface area contributed by atoms with Crippen LogP contribution in [0.5, 0.6) is 0 Å². The Morgan fingerprint density at radius 2 is 1.94 bits per heavy atom. The maximum absolute atomic E-state index is 12.7. The van der Waals surface area contributed by atoms with E-state index in [9.17, 15) is 18.4 Å². The maximum Gasteiger partial charge on any atom is 0.414 e. The number of imidazole rings is 1. The Kier molecular flexibility index (Phi) is 9.66. The van der Waals surface area contributed by atoms with Crippen LogP contribution in [0.15, 0.2) is 24.4 Å². The monoisotopic (exact) mass is 511 g/mol. The van der Waals surface area contributed by atoms with Crippen LogP contribution in [0.1, 0.15) is 68.8 Å². The molecule has 0 aliphatic heterocycles. The summed E-state index contributed by atoms with van der Waals surface area (Å²) in [4.78, 5) is 30.7. The molecule has 1 heterocycles. The van der Waals surface area contributed by atoms with Gasteiger partial charge in [0.05, 0.1) is 17.8 Å². The van der Waals surface area contributed by atoms with Crippen molar-refractivity contribution in [1.29, 1.82) is 0 Å². The summed E-state index contributed by atoms with van der Waals surface area (Å²) in [5, 5.41) is 0.427. The Morgan fingerprint density at radius 1 is 1.26 bits per heavy atom. The summed E-state index contributed by atoms with van der Waals surface area (Å²) in [6.45, 7) is 9.54. The third kappa shape index (κ3) is 7.54. The second-order valence-electron chi connectivity index (χ2n) is 8.95. The molecule has 0 saturated carbocycles. The van der Waals surface area contributed by atoms with Crippen LogP contribution in [0.3, 0.4) is 0 Å². The largest absolute Gasteiger partial charge is 0.755 e. The standard InChI is InChI=1S/C23H33ClN4O5S/c1-7-8-9-12-28(34(31)32)21(29)20-15-27(16(2)25-20)14-17-10-11-18(13-19(17)24)26(6)22(30)33-23(3,4)5/h10-11,13,15H,7-9,12,14H2,1-6H3,(H,31,32)/p-1. The van der Waals surface area contributed by atoms with Crippen LogP contribution in [0.2, 0.25) is 5.02 Å². The van der Waals surface area contributed by atoms with Gasteiger partial charge in [-0.05, 0) is 51.8 Å². The zero-order valence-electron chi connectivity index (χ0n) is 20.5. The smallest absolute Gasteiger partial charge is 0.414 e. The van der Waals surface area contributed by atoms with E-state index in [2.05, 4.69) is 4.98 Å². The van der Waals surface area contributed by atoms with Gasteiger partial charge in [-0.1, -0.05) is 37.4 Å². The minimum Gasteiger partial charge on any atom is -0.755 e. The molecule has 2 rings (SSSR count). The molecular weight excluding hydrogens is 480 g/mol. The second kappa shape index (κ2) is 11.8. The number of benzene rings is 1. The Labute approximate surface area is 208 Å². The molecule has 9 nitrogen and oxygen atoms in total. The lowest BCUT2D eigenvalue weighted by atomic mass is 10.2. The number of rotatable bonds is 9. The summed E-state index contributed by atoms with van der Waals surface area (Å²) in [5.74, 6) is -0.119. The quantitative estimate of drug-likeness (QED) is 0.357. The van der Waals surface area contributed by atoms with Gasteiger partial charge in [0.15, 0.2) is 0 Å². The van der Waals surface area contributed by atoms with Crippen LogP contribution in [0, 0.1) is 6.92 Å². The number of hydrogen-bond donors (Lipinski definition) is 0. The molecule has 11 heteroatoms. The highest BCUT2D eigenvalue weighted by atomic mass is 35.5. The third-order valence-corrected chi connectivity index (χ3v) is 6.06. The van der Waals surface area contributed by atoms with E-state index in [1.807, 2.05) is 6.92 Å². The first-order valence-electron chi connectivity index (χ1n) is 11.0. The SMILES string of the molecule is CCCCCN(C(=O)c1cn(Cc2ccc(N(C)C(=O)OC(C)(C)C)cc2Cl)c(C)n1)S(=O)[O-]. The van der Waals surface area contributed by atoms with E-state index >= 15 is 0 Å². The van der Waals surface area contributed by atoms with Gasteiger partial charge in [0, 0.05) is 30.5 Å². The normalized spacial score (nSPS) is 12.4. The van der Waals surface area contributed by atoms with Crippen LogP contribution in [-0.2, 0) is 22.5 Å². The number of ether oxygens (including phenoxy) is 1. The van der Waals surface area contributed by atoms with Crippen molar-refractivity contribution in [3.05, 3.63) is 46.5 Å². The number of aryl methyl sites for hydroxylation is 1. The van der Waals surface area contributed by atoms with Crippen molar-refractivity contribution in [2.75, 3.05) is 18.5 Å². The molecule has 1 aromatic carbocycles.